The molecule has 23 heavy (non-hydrogen) atoms. The Bertz CT molecular complexity index is 598. The molecule has 1 saturated heterocycles. The van der Waals surface area contributed by atoms with Crippen LogP contribution in [0, 0.1) is 6.92 Å². The van der Waals surface area contributed by atoms with E-state index in [1.165, 1.54) is 11.1 Å². The summed E-state index contributed by atoms with van der Waals surface area (Å²) in [7, 11) is 0. The summed E-state index contributed by atoms with van der Waals surface area (Å²) in [6, 6.07) is 6.19. The molecule has 2 aliphatic rings. The van der Waals surface area contributed by atoms with Crippen molar-refractivity contribution < 1.29 is 9.53 Å². The van der Waals surface area contributed by atoms with Crippen molar-refractivity contribution >= 4 is 5.97 Å². The molecular weight excluding hydrogens is 288 g/mol. The number of rotatable bonds is 1. The Kier molecular flexibility index (Phi) is 4.23. The third-order valence-electron chi connectivity index (χ3n) is 4.94. The van der Waals surface area contributed by atoms with Gasteiger partial charge in [0.1, 0.15) is 11.6 Å². The van der Waals surface area contributed by atoms with Crippen molar-refractivity contribution in [1.29, 1.82) is 0 Å². The van der Waals surface area contributed by atoms with Gasteiger partial charge in [-0.15, -0.1) is 0 Å². The Labute approximate surface area is 139 Å². The molecule has 1 unspecified atom stereocenters. The molecule has 0 aliphatic carbocycles. The maximum absolute atomic E-state index is 12.7. The predicted molar refractivity (Wildman–Crippen MR) is 91.5 cm³/mol. The summed E-state index contributed by atoms with van der Waals surface area (Å²) in [6.45, 7) is 10.7. The highest BCUT2D eigenvalue weighted by atomic mass is 16.6. The molecule has 1 atom stereocenters. The van der Waals surface area contributed by atoms with Crippen molar-refractivity contribution in [3.8, 4) is 0 Å². The van der Waals surface area contributed by atoms with Crippen molar-refractivity contribution in [2.75, 3.05) is 19.6 Å². The largest absolute Gasteiger partial charge is 0.459 e. The van der Waals surface area contributed by atoms with E-state index in [1.807, 2.05) is 20.8 Å². The fourth-order valence-electron chi connectivity index (χ4n) is 3.83. The number of fused-ring (bicyclic) bond motifs is 2. The van der Waals surface area contributed by atoms with E-state index >= 15 is 0 Å². The molecule has 1 fully saturated rings. The molecule has 0 radical (unpaired) electrons. The van der Waals surface area contributed by atoms with Crippen LogP contribution in [0.5, 0.6) is 0 Å². The molecule has 1 aromatic carbocycles. The maximum atomic E-state index is 12.7. The summed E-state index contributed by atoms with van der Waals surface area (Å²) in [5.41, 5.74) is 3.30. The van der Waals surface area contributed by atoms with Gasteiger partial charge in [0.25, 0.3) is 0 Å². The molecule has 4 heteroatoms. The Morgan fingerprint density at radius 3 is 2.61 bits per heavy atom. The number of aryl methyl sites for hydroxylation is 1. The van der Waals surface area contributed by atoms with Gasteiger partial charge >= 0.3 is 5.97 Å². The van der Waals surface area contributed by atoms with Crippen LogP contribution < -0.4 is 10.6 Å². The van der Waals surface area contributed by atoms with E-state index in [-0.39, 0.29) is 17.4 Å². The van der Waals surface area contributed by atoms with Gasteiger partial charge in [-0.1, -0.05) is 23.8 Å². The van der Waals surface area contributed by atoms with Gasteiger partial charge in [-0.05, 0) is 64.8 Å². The minimum Gasteiger partial charge on any atom is -0.459 e. The van der Waals surface area contributed by atoms with Crippen LogP contribution in [0.2, 0.25) is 0 Å². The van der Waals surface area contributed by atoms with Crippen LogP contribution in [-0.2, 0) is 14.9 Å². The molecule has 2 heterocycles. The number of ether oxygens (including phenoxy) is 1. The molecular formula is C19H28N2O2. The molecule has 0 amide bonds. The Hall–Kier alpha value is -1.39. The summed E-state index contributed by atoms with van der Waals surface area (Å²) in [5.74, 6) is -0.173. The first-order chi connectivity index (χ1) is 10.8. The molecule has 0 bridgehead atoms. The number of nitrogens with one attached hydrogen (secondary N) is 2. The summed E-state index contributed by atoms with van der Waals surface area (Å²) in [6.07, 6.45) is 2.22. The first-order valence-electron chi connectivity index (χ1n) is 8.59. The number of piperidine rings is 1. The summed E-state index contributed by atoms with van der Waals surface area (Å²) in [4.78, 5) is 12.7. The molecule has 3 rings (SSSR count). The Morgan fingerprint density at radius 2 is 1.96 bits per heavy atom. The van der Waals surface area contributed by atoms with Crippen LogP contribution in [0.25, 0.3) is 0 Å². The first-order valence-corrected chi connectivity index (χ1v) is 8.59. The van der Waals surface area contributed by atoms with Gasteiger partial charge in [-0.3, -0.25) is 5.32 Å². The van der Waals surface area contributed by atoms with Gasteiger partial charge in [0, 0.05) is 12.0 Å². The van der Waals surface area contributed by atoms with E-state index in [0.29, 0.717) is 0 Å². The minimum absolute atomic E-state index is 0.146. The normalized spacial score (nSPS) is 23.4. The van der Waals surface area contributed by atoms with Gasteiger partial charge in [0.2, 0.25) is 0 Å². The minimum atomic E-state index is -0.466. The van der Waals surface area contributed by atoms with Crippen molar-refractivity contribution in [2.45, 2.75) is 57.6 Å². The Balaban J connectivity index is 1.97. The number of benzene rings is 1. The SMILES string of the molecule is Cc1ccc2c(c1)C(C(=O)OC(C)(C)C)NCC21CCNCC1. The zero-order valence-electron chi connectivity index (χ0n) is 14.7. The van der Waals surface area contributed by atoms with Crippen molar-refractivity contribution in [3.05, 3.63) is 34.9 Å². The zero-order chi connectivity index (χ0) is 16.7. The number of hydrogen-bond acceptors (Lipinski definition) is 4. The molecule has 1 spiro atoms. The van der Waals surface area contributed by atoms with E-state index in [1.54, 1.807) is 0 Å². The van der Waals surface area contributed by atoms with Crippen molar-refractivity contribution in [3.63, 3.8) is 0 Å². The number of hydrogen-bond donors (Lipinski definition) is 2. The predicted octanol–water partition coefficient (Wildman–Crippen LogP) is 2.60. The van der Waals surface area contributed by atoms with Crippen molar-refractivity contribution in [2.24, 2.45) is 0 Å². The maximum Gasteiger partial charge on any atom is 0.328 e. The summed E-state index contributed by atoms with van der Waals surface area (Å²) < 4.78 is 5.64. The highest BCUT2D eigenvalue weighted by molar-refractivity contribution is 5.79. The van der Waals surface area contributed by atoms with Gasteiger partial charge in [0.15, 0.2) is 0 Å². The third kappa shape index (κ3) is 3.29. The quantitative estimate of drug-likeness (QED) is 0.782. The average molecular weight is 316 g/mol. The third-order valence-corrected chi connectivity index (χ3v) is 4.94. The lowest BCUT2D eigenvalue weighted by Gasteiger charge is -2.45. The van der Waals surface area contributed by atoms with Gasteiger partial charge in [0.05, 0.1) is 0 Å². The molecule has 1 aromatic rings. The van der Waals surface area contributed by atoms with Crippen molar-refractivity contribution in [1.82, 2.24) is 10.6 Å². The lowest BCUT2D eigenvalue weighted by molar-refractivity contribution is -0.158. The van der Waals surface area contributed by atoms with E-state index in [9.17, 15) is 4.79 Å². The second-order valence-corrected chi connectivity index (χ2v) is 7.97. The van der Waals surface area contributed by atoms with Crippen LogP contribution in [0.3, 0.4) is 0 Å². The lowest BCUT2D eigenvalue weighted by atomic mass is 9.68. The van der Waals surface area contributed by atoms with Gasteiger partial charge in [-0.25, -0.2) is 4.79 Å². The average Bonchev–Trinajstić information content (AvgIpc) is 2.46. The van der Waals surface area contributed by atoms with E-state index in [0.717, 1.165) is 38.0 Å². The first kappa shape index (κ1) is 16.5. The van der Waals surface area contributed by atoms with E-state index in [2.05, 4.69) is 35.8 Å². The van der Waals surface area contributed by atoms with Crippen LogP contribution in [0.1, 0.15) is 56.3 Å². The molecule has 4 nitrogen and oxygen atoms in total. The summed E-state index contributed by atoms with van der Waals surface area (Å²) >= 11 is 0. The molecule has 0 saturated carbocycles. The number of esters is 1. The number of carbonyl (C=O) groups excluding carboxylic acids is 1. The molecule has 0 aromatic heterocycles. The number of carbonyl (C=O) groups is 1. The fraction of sp³-hybridized carbons (Fsp3) is 0.632. The fourth-order valence-corrected chi connectivity index (χ4v) is 3.83. The second-order valence-electron chi connectivity index (χ2n) is 7.97. The van der Waals surface area contributed by atoms with E-state index in [4.69, 9.17) is 4.74 Å². The molecule has 2 N–H and O–H groups in total. The van der Waals surface area contributed by atoms with Crippen LogP contribution in [0.15, 0.2) is 18.2 Å². The van der Waals surface area contributed by atoms with Gasteiger partial charge < -0.3 is 10.1 Å². The Morgan fingerprint density at radius 1 is 1.26 bits per heavy atom. The smallest absolute Gasteiger partial charge is 0.328 e. The second kappa shape index (κ2) is 5.91. The van der Waals surface area contributed by atoms with Gasteiger partial charge in [-0.2, -0.15) is 0 Å². The highest BCUT2D eigenvalue weighted by Crippen LogP contribution is 2.41. The highest BCUT2D eigenvalue weighted by Gasteiger charge is 2.43. The van der Waals surface area contributed by atoms with Crippen LogP contribution in [-0.4, -0.2) is 31.2 Å². The zero-order valence-corrected chi connectivity index (χ0v) is 14.7. The molecule has 126 valence electrons. The monoisotopic (exact) mass is 316 g/mol. The van der Waals surface area contributed by atoms with E-state index < -0.39 is 5.60 Å². The molecule has 2 aliphatic heterocycles. The lowest BCUT2D eigenvalue weighted by Crippen LogP contribution is -2.52. The van der Waals surface area contributed by atoms with Crippen LogP contribution in [0.4, 0.5) is 0 Å². The standard InChI is InChI=1S/C19H28N2O2/c1-13-5-6-15-14(11-13)16(17(22)23-18(2,3)4)21-12-19(15)7-9-20-10-8-19/h5-6,11,16,20-21H,7-10,12H2,1-4H3. The summed E-state index contributed by atoms with van der Waals surface area (Å²) in [5, 5.41) is 6.93. The van der Waals surface area contributed by atoms with Crippen LogP contribution >= 0.6 is 0 Å². The topological polar surface area (TPSA) is 50.4 Å².